The maximum Gasteiger partial charge on any atom is 0.0825 e. The first-order valence-electron chi connectivity index (χ1n) is 6.16. The summed E-state index contributed by atoms with van der Waals surface area (Å²) in [7, 11) is 0. The van der Waals surface area contributed by atoms with Gasteiger partial charge < -0.3 is 4.74 Å². The molecule has 0 amide bonds. The Bertz CT molecular complexity index is 312. The van der Waals surface area contributed by atoms with Gasteiger partial charge in [0.15, 0.2) is 0 Å². The second-order valence-electron chi connectivity index (χ2n) is 4.61. The maximum absolute atomic E-state index is 5.93. The Morgan fingerprint density at radius 3 is 2.56 bits per heavy atom. The highest BCUT2D eigenvalue weighted by Gasteiger charge is 2.22. The molecule has 0 aromatic heterocycles. The molecule has 0 radical (unpaired) electrons. The van der Waals surface area contributed by atoms with Gasteiger partial charge in [0.25, 0.3) is 0 Å². The second kappa shape index (κ2) is 5.70. The molecule has 16 heavy (non-hydrogen) atoms. The van der Waals surface area contributed by atoms with Gasteiger partial charge in [-0.25, -0.2) is 0 Å². The lowest BCUT2D eigenvalue weighted by Crippen LogP contribution is -2.20. The van der Waals surface area contributed by atoms with E-state index in [0.717, 1.165) is 24.0 Å². The van der Waals surface area contributed by atoms with Crippen molar-refractivity contribution < 1.29 is 4.74 Å². The van der Waals surface area contributed by atoms with Crippen molar-refractivity contribution >= 4 is 11.6 Å². The zero-order valence-corrected chi connectivity index (χ0v) is 10.5. The highest BCUT2D eigenvalue weighted by atomic mass is 35.5. The van der Waals surface area contributed by atoms with Crippen molar-refractivity contribution in [2.24, 2.45) is 5.92 Å². The monoisotopic (exact) mass is 238 g/mol. The van der Waals surface area contributed by atoms with E-state index in [1.807, 2.05) is 12.1 Å². The minimum absolute atomic E-state index is 0.283. The van der Waals surface area contributed by atoms with Gasteiger partial charge in [-0.1, -0.05) is 37.1 Å². The zero-order valence-electron chi connectivity index (χ0n) is 9.79. The van der Waals surface area contributed by atoms with Gasteiger partial charge in [0.1, 0.15) is 0 Å². The smallest absolute Gasteiger partial charge is 0.0825 e. The molecule has 1 aliphatic heterocycles. The largest absolute Gasteiger partial charge is 0.373 e. The SMILES string of the molecule is CCCC1CCC(c2ccc(Cl)cc2)OC1. The molecule has 88 valence electrons. The number of hydrogen-bond donors (Lipinski definition) is 0. The predicted molar refractivity (Wildman–Crippen MR) is 67.8 cm³/mol. The molecular formula is C14H19ClO. The fraction of sp³-hybridized carbons (Fsp3) is 0.571. The van der Waals surface area contributed by atoms with E-state index < -0.39 is 0 Å². The van der Waals surface area contributed by atoms with E-state index >= 15 is 0 Å². The molecule has 0 aliphatic carbocycles. The highest BCUT2D eigenvalue weighted by molar-refractivity contribution is 6.30. The van der Waals surface area contributed by atoms with Crippen LogP contribution in [0.5, 0.6) is 0 Å². The van der Waals surface area contributed by atoms with E-state index in [2.05, 4.69) is 19.1 Å². The second-order valence-corrected chi connectivity index (χ2v) is 5.04. The van der Waals surface area contributed by atoms with E-state index in [4.69, 9.17) is 16.3 Å². The first-order chi connectivity index (χ1) is 7.79. The van der Waals surface area contributed by atoms with Gasteiger partial charge in [0.05, 0.1) is 12.7 Å². The van der Waals surface area contributed by atoms with Gasteiger partial charge in [-0.3, -0.25) is 0 Å². The molecule has 1 aromatic carbocycles. The summed E-state index contributed by atoms with van der Waals surface area (Å²) in [5, 5.41) is 0.795. The molecule has 1 fully saturated rings. The van der Waals surface area contributed by atoms with Gasteiger partial charge in [0, 0.05) is 5.02 Å². The Balaban J connectivity index is 1.91. The Hall–Kier alpha value is -0.530. The van der Waals surface area contributed by atoms with Crippen molar-refractivity contribution in [2.75, 3.05) is 6.61 Å². The molecule has 1 aliphatic rings. The van der Waals surface area contributed by atoms with Crippen LogP contribution in [0.3, 0.4) is 0 Å². The Kier molecular flexibility index (Phi) is 4.25. The molecule has 1 nitrogen and oxygen atoms in total. The Labute approximate surface area is 103 Å². The fourth-order valence-electron chi connectivity index (χ4n) is 2.38. The summed E-state index contributed by atoms with van der Waals surface area (Å²) in [5.41, 5.74) is 1.26. The quantitative estimate of drug-likeness (QED) is 0.747. The van der Waals surface area contributed by atoms with E-state index in [9.17, 15) is 0 Å². The van der Waals surface area contributed by atoms with Crippen LogP contribution < -0.4 is 0 Å². The molecule has 0 saturated carbocycles. The first kappa shape index (κ1) is 11.9. The molecule has 0 spiro atoms. The standard InChI is InChI=1S/C14H19ClO/c1-2-3-11-4-9-14(16-10-11)12-5-7-13(15)8-6-12/h5-8,11,14H,2-4,9-10H2,1H3. The third-order valence-corrected chi connectivity index (χ3v) is 3.56. The van der Waals surface area contributed by atoms with Crippen molar-refractivity contribution in [2.45, 2.75) is 38.7 Å². The van der Waals surface area contributed by atoms with Crippen molar-refractivity contribution in [3.63, 3.8) is 0 Å². The lowest BCUT2D eigenvalue weighted by atomic mass is 9.92. The van der Waals surface area contributed by atoms with Crippen LogP contribution in [0, 0.1) is 5.92 Å². The van der Waals surface area contributed by atoms with Crippen LogP contribution in [0.15, 0.2) is 24.3 Å². The molecule has 1 aromatic rings. The minimum atomic E-state index is 0.283. The topological polar surface area (TPSA) is 9.23 Å². The molecule has 0 N–H and O–H groups in total. The molecule has 2 rings (SSSR count). The van der Waals surface area contributed by atoms with Crippen LogP contribution in [0.25, 0.3) is 0 Å². The molecular weight excluding hydrogens is 220 g/mol. The summed E-state index contributed by atoms with van der Waals surface area (Å²) in [6.07, 6.45) is 5.28. The summed E-state index contributed by atoms with van der Waals surface area (Å²) in [4.78, 5) is 0. The van der Waals surface area contributed by atoms with Gasteiger partial charge in [-0.2, -0.15) is 0 Å². The summed E-state index contributed by atoms with van der Waals surface area (Å²) >= 11 is 5.87. The van der Waals surface area contributed by atoms with E-state index in [1.165, 1.54) is 24.8 Å². The molecule has 2 unspecified atom stereocenters. The van der Waals surface area contributed by atoms with Gasteiger partial charge >= 0.3 is 0 Å². The van der Waals surface area contributed by atoms with E-state index in [1.54, 1.807) is 0 Å². The fourth-order valence-corrected chi connectivity index (χ4v) is 2.51. The van der Waals surface area contributed by atoms with Crippen LogP contribution in [0.1, 0.15) is 44.3 Å². The van der Waals surface area contributed by atoms with Gasteiger partial charge in [-0.05, 0) is 42.9 Å². The molecule has 2 heteroatoms. The normalized spacial score (nSPS) is 25.6. The van der Waals surface area contributed by atoms with E-state index in [0.29, 0.717) is 0 Å². The Morgan fingerprint density at radius 1 is 1.25 bits per heavy atom. The van der Waals surface area contributed by atoms with Gasteiger partial charge in [-0.15, -0.1) is 0 Å². The third-order valence-electron chi connectivity index (χ3n) is 3.31. The molecule has 1 saturated heterocycles. The number of benzene rings is 1. The summed E-state index contributed by atoms with van der Waals surface area (Å²) in [5.74, 6) is 0.772. The lowest BCUT2D eigenvalue weighted by molar-refractivity contribution is -0.0194. The van der Waals surface area contributed by atoms with E-state index in [-0.39, 0.29) is 6.10 Å². The van der Waals surface area contributed by atoms with Crippen molar-refractivity contribution in [3.8, 4) is 0 Å². The van der Waals surface area contributed by atoms with Crippen LogP contribution in [-0.2, 0) is 4.74 Å². The highest BCUT2D eigenvalue weighted by Crippen LogP contribution is 2.32. The predicted octanol–water partition coefficient (Wildman–Crippen LogP) is 4.61. The number of hydrogen-bond acceptors (Lipinski definition) is 1. The number of rotatable bonds is 3. The van der Waals surface area contributed by atoms with Crippen LogP contribution in [0.4, 0.5) is 0 Å². The van der Waals surface area contributed by atoms with Crippen LogP contribution >= 0.6 is 11.6 Å². The number of ether oxygens (including phenoxy) is 1. The average molecular weight is 239 g/mol. The first-order valence-corrected chi connectivity index (χ1v) is 6.54. The summed E-state index contributed by atoms with van der Waals surface area (Å²) in [6.45, 7) is 3.16. The van der Waals surface area contributed by atoms with Crippen LogP contribution in [-0.4, -0.2) is 6.61 Å². The Morgan fingerprint density at radius 2 is 2.00 bits per heavy atom. The van der Waals surface area contributed by atoms with Crippen molar-refractivity contribution in [1.82, 2.24) is 0 Å². The lowest BCUT2D eigenvalue weighted by Gasteiger charge is -2.29. The molecule has 1 heterocycles. The zero-order chi connectivity index (χ0) is 11.4. The molecule has 2 atom stereocenters. The number of halogens is 1. The average Bonchev–Trinajstić information content (AvgIpc) is 2.32. The summed E-state index contributed by atoms with van der Waals surface area (Å²) in [6, 6.07) is 8.04. The molecule has 0 bridgehead atoms. The van der Waals surface area contributed by atoms with Crippen molar-refractivity contribution in [1.29, 1.82) is 0 Å². The van der Waals surface area contributed by atoms with Crippen molar-refractivity contribution in [3.05, 3.63) is 34.9 Å². The van der Waals surface area contributed by atoms with Gasteiger partial charge in [0.2, 0.25) is 0 Å². The van der Waals surface area contributed by atoms with Crippen LogP contribution in [0.2, 0.25) is 5.02 Å². The minimum Gasteiger partial charge on any atom is -0.373 e. The third kappa shape index (κ3) is 2.99. The maximum atomic E-state index is 5.93. The summed E-state index contributed by atoms with van der Waals surface area (Å²) < 4.78 is 5.93.